The molecule has 16 heteroatoms. The molecule has 16 nitrogen and oxygen atoms in total. The first-order chi connectivity index (χ1) is 26.5. The number of nitrogens with two attached hydrogens (primary N) is 1. The lowest BCUT2D eigenvalue weighted by molar-refractivity contribution is -0.129. The summed E-state index contributed by atoms with van der Waals surface area (Å²) >= 11 is 0. The molecule has 290 valence electrons. The summed E-state index contributed by atoms with van der Waals surface area (Å²) < 4.78 is 16.0. The van der Waals surface area contributed by atoms with Gasteiger partial charge in [0.25, 0.3) is 0 Å². The van der Waals surface area contributed by atoms with Gasteiger partial charge >= 0.3 is 23.8 Å². The summed E-state index contributed by atoms with van der Waals surface area (Å²) in [6.45, 7) is 3.24. The molecule has 55 heavy (non-hydrogen) atoms. The van der Waals surface area contributed by atoms with Crippen LogP contribution >= 0.6 is 0 Å². The molecule has 6 amide bonds. The van der Waals surface area contributed by atoms with E-state index in [4.69, 9.17) is 19.6 Å². The molecular formula is C39H45N7O9. The molecule has 0 radical (unpaired) electrons. The number of carbonyl (C=O) groups excluding carboxylic acids is 5. The molecule has 1 aliphatic heterocycles. The van der Waals surface area contributed by atoms with Crippen LogP contribution in [0.15, 0.2) is 88.1 Å². The van der Waals surface area contributed by atoms with Crippen LogP contribution in [0.5, 0.6) is 0 Å². The standard InChI is InChI=1S/C39H45N7O9/c1-24-20-33(47)55-32-21-29(13-14-30(24)32)44-38(51)53-23-26-9-11-28(12-10-26)43-35(48)31(8-5-17-42-37(40)50)45-36(49)34(27-15-18-41-19-16-27)46-39(52)54-22-25-6-3-2-4-7-25/h2-4,6-7,9-14,20-21,27,31,34,41H,5,8,15-19,22-23H2,1H3,(H,43,48)(H,44,51)(H,45,49)(H,46,52)(H3,40,42,50)/t31-,34-/m0/s1. The van der Waals surface area contributed by atoms with E-state index >= 15 is 0 Å². The maximum atomic E-state index is 13.8. The van der Waals surface area contributed by atoms with Gasteiger partial charge in [-0.05, 0) is 92.6 Å². The predicted octanol–water partition coefficient (Wildman–Crippen LogP) is 4.02. The Morgan fingerprint density at radius 2 is 1.49 bits per heavy atom. The number of ether oxygens (including phenoxy) is 2. The molecule has 0 saturated carbocycles. The number of benzene rings is 3. The highest BCUT2D eigenvalue weighted by Gasteiger charge is 2.34. The van der Waals surface area contributed by atoms with E-state index in [-0.39, 0.29) is 32.1 Å². The number of anilines is 2. The number of hydrogen-bond donors (Lipinski definition) is 7. The number of urea groups is 1. The van der Waals surface area contributed by atoms with Crippen molar-refractivity contribution in [2.24, 2.45) is 11.7 Å². The van der Waals surface area contributed by atoms with E-state index in [1.54, 1.807) is 43.3 Å². The average molecular weight is 756 g/mol. The van der Waals surface area contributed by atoms with Gasteiger partial charge in [-0.2, -0.15) is 0 Å². The second kappa shape index (κ2) is 19.6. The number of alkyl carbamates (subject to hydrolysis) is 1. The predicted molar refractivity (Wildman–Crippen MR) is 204 cm³/mol. The molecule has 8 N–H and O–H groups in total. The quantitative estimate of drug-likeness (QED) is 0.0680. The fraction of sp³-hybridized carbons (Fsp3) is 0.333. The Morgan fingerprint density at radius 3 is 2.20 bits per heavy atom. The third-order valence-corrected chi connectivity index (χ3v) is 9.01. The zero-order valence-electron chi connectivity index (χ0n) is 30.4. The van der Waals surface area contributed by atoms with E-state index in [2.05, 4.69) is 31.9 Å². The fourth-order valence-corrected chi connectivity index (χ4v) is 6.13. The molecule has 3 aromatic carbocycles. The van der Waals surface area contributed by atoms with Gasteiger partial charge in [-0.15, -0.1) is 0 Å². The molecule has 2 atom stereocenters. The van der Waals surface area contributed by atoms with Gasteiger partial charge in [-0.1, -0.05) is 42.5 Å². The van der Waals surface area contributed by atoms with Crippen molar-refractivity contribution in [3.05, 3.63) is 106 Å². The topological polar surface area (TPSA) is 232 Å². The number of aryl methyl sites for hydroxylation is 1. The van der Waals surface area contributed by atoms with Crippen LogP contribution in [0.3, 0.4) is 0 Å². The molecule has 5 rings (SSSR count). The lowest BCUT2D eigenvalue weighted by Crippen LogP contribution is -2.56. The number of primary amides is 1. The van der Waals surface area contributed by atoms with E-state index in [0.29, 0.717) is 54.9 Å². The highest BCUT2D eigenvalue weighted by atomic mass is 16.6. The monoisotopic (exact) mass is 755 g/mol. The summed E-state index contributed by atoms with van der Waals surface area (Å²) in [5.41, 5.74) is 8.01. The van der Waals surface area contributed by atoms with Crippen LogP contribution in [0.4, 0.5) is 25.8 Å². The first kappa shape index (κ1) is 39.8. The Labute approximate surface area is 316 Å². The summed E-state index contributed by atoms with van der Waals surface area (Å²) in [7, 11) is 0. The molecule has 0 unspecified atom stereocenters. The summed E-state index contributed by atoms with van der Waals surface area (Å²) in [6, 6.07) is 19.3. The van der Waals surface area contributed by atoms with Crippen molar-refractivity contribution in [2.75, 3.05) is 30.3 Å². The smallest absolute Gasteiger partial charge is 0.411 e. The van der Waals surface area contributed by atoms with Crippen molar-refractivity contribution in [1.82, 2.24) is 21.3 Å². The SMILES string of the molecule is Cc1cc(=O)oc2cc(NC(=O)OCc3ccc(NC(=O)[C@H](CCCNC(N)=O)NC(=O)[C@@H](NC(=O)OCc4ccccc4)C4CCNCC4)cc3)ccc12. The minimum atomic E-state index is -1.03. The Kier molecular flexibility index (Phi) is 14.2. The van der Waals surface area contributed by atoms with Crippen LogP contribution < -0.4 is 43.3 Å². The first-order valence-electron chi connectivity index (χ1n) is 17.9. The Bertz CT molecular complexity index is 2020. The number of rotatable bonds is 15. The molecule has 0 bridgehead atoms. The minimum Gasteiger partial charge on any atom is -0.445 e. The lowest BCUT2D eigenvalue weighted by atomic mass is 9.89. The third kappa shape index (κ3) is 12.3. The Hall–Kier alpha value is -6.42. The molecule has 0 aliphatic carbocycles. The summed E-state index contributed by atoms with van der Waals surface area (Å²) in [5.74, 6) is -1.27. The van der Waals surface area contributed by atoms with Gasteiger partial charge in [-0.3, -0.25) is 14.9 Å². The van der Waals surface area contributed by atoms with Gasteiger partial charge in [0, 0.05) is 35.4 Å². The third-order valence-electron chi connectivity index (χ3n) is 9.01. The first-order valence-corrected chi connectivity index (χ1v) is 17.9. The van der Waals surface area contributed by atoms with Crippen LogP contribution in [-0.4, -0.2) is 61.7 Å². The van der Waals surface area contributed by atoms with Crippen LogP contribution in [0, 0.1) is 12.8 Å². The van der Waals surface area contributed by atoms with E-state index in [0.717, 1.165) is 16.5 Å². The van der Waals surface area contributed by atoms with Crippen molar-refractivity contribution in [1.29, 1.82) is 0 Å². The van der Waals surface area contributed by atoms with Crippen molar-refractivity contribution >= 4 is 52.4 Å². The molecule has 1 aromatic heterocycles. The largest absolute Gasteiger partial charge is 0.445 e. The van der Waals surface area contributed by atoms with Crippen LogP contribution in [0.1, 0.15) is 42.4 Å². The van der Waals surface area contributed by atoms with Crippen molar-refractivity contribution < 1.29 is 37.9 Å². The Balaban J connectivity index is 1.18. The van der Waals surface area contributed by atoms with E-state index < -0.39 is 47.7 Å². The summed E-state index contributed by atoms with van der Waals surface area (Å²) in [4.78, 5) is 75.7. The lowest BCUT2D eigenvalue weighted by Gasteiger charge is -2.31. The number of amides is 6. The van der Waals surface area contributed by atoms with Gasteiger partial charge < -0.3 is 46.2 Å². The zero-order valence-corrected chi connectivity index (χ0v) is 30.4. The normalized spacial score (nSPS) is 13.8. The van der Waals surface area contributed by atoms with Crippen LogP contribution in [-0.2, 0) is 32.3 Å². The van der Waals surface area contributed by atoms with Crippen molar-refractivity contribution in [3.8, 4) is 0 Å². The maximum Gasteiger partial charge on any atom is 0.411 e. The molecule has 1 saturated heterocycles. The van der Waals surface area contributed by atoms with Gasteiger partial charge in [-0.25, -0.2) is 19.2 Å². The molecule has 2 heterocycles. The number of hydrogen-bond acceptors (Lipinski definition) is 10. The van der Waals surface area contributed by atoms with E-state index in [9.17, 15) is 28.8 Å². The summed E-state index contributed by atoms with van der Waals surface area (Å²) in [5, 5.41) is 17.4. The van der Waals surface area contributed by atoms with Crippen LogP contribution in [0.2, 0.25) is 0 Å². The van der Waals surface area contributed by atoms with Gasteiger partial charge in [0.05, 0.1) is 0 Å². The summed E-state index contributed by atoms with van der Waals surface area (Å²) in [6.07, 6.45) is 0.233. The zero-order chi connectivity index (χ0) is 39.2. The molecule has 0 spiro atoms. The molecular weight excluding hydrogens is 710 g/mol. The highest BCUT2D eigenvalue weighted by Crippen LogP contribution is 2.22. The number of nitrogens with one attached hydrogen (secondary N) is 6. The highest BCUT2D eigenvalue weighted by molar-refractivity contribution is 5.98. The van der Waals surface area contributed by atoms with Gasteiger partial charge in [0.2, 0.25) is 11.8 Å². The van der Waals surface area contributed by atoms with Gasteiger partial charge in [0.1, 0.15) is 30.9 Å². The van der Waals surface area contributed by atoms with Gasteiger partial charge in [0.15, 0.2) is 0 Å². The second-order valence-electron chi connectivity index (χ2n) is 13.1. The maximum absolute atomic E-state index is 13.8. The number of piperidine rings is 1. The number of carbonyl (C=O) groups is 5. The number of fused-ring (bicyclic) bond motifs is 1. The van der Waals surface area contributed by atoms with E-state index in [1.807, 2.05) is 30.3 Å². The minimum absolute atomic E-state index is 0.0240. The average Bonchev–Trinajstić information content (AvgIpc) is 3.17. The van der Waals surface area contributed by atoms with Crippen LogP contribution in [0.25, 0.3) is 11.0 Å². The Morgan fingerprint density at radius 1 is 0.818 bits per heavy atom. The molecule has 1 fully saturated rings. The van der Waals surface area contributed by atoms with Crippen molar-refractivity contribution in [3.63, 3.8) is 0 Å². The molecule has 4 aromatic rings. The second-order valence-corrected chi connectivity index (χ2v) is 13.1. The molecule has 1 aliphatic rings. The fourth-order valence-electron chi connectivity index (χ4n) is 6.13. The van der Waals surface area contributed by atoms with Crippen molar-refractivity contribution in [2.45, 2.75) is 57.9 Å². The van der Waals surface area contributed by atoms with E-state index in [1.165, 1.54) is 12.1 Å².